The fourth-order valence-electron chi connectivity index (χ4n) is 2.91. The third kappa shape index (κ3) is 5.85. The van der Waals surface area contributed by atoms with E-state index in [0.29, 0.717) is 13.1 Å². The molecule has 1 aliphatic rings. The number of hydrogen-bond acceptors (Lipinski definition) is 5. The number of benzene rings is 1. The number of aliphatic hydroxyl groups excluding tert-OH is 1. The van der Waals surface area contributed by atoms with Crippen LogP contribution in [0.2, 0.25) is 0 Å². The molecule has 1 aliphatic heterocycles. The molecule has 0 saturated carbocycles. The Hall–Kier alpha value is -1.89. The Morgan fingerprint density at radius 3 is 3.04 bits per heavy atom. The molecule has 3 rings (SSSR count). The number of hydrogen-bond donors (Lipinski definition) is 2. The lowest BCUT2D eigenvalue weighted by molar-refractivity contribution is -0.118. The van der Waals surface area contributed by atoms with Crippen molar-refractivity contribution in [2.75, 3.05) is 25.0 Å². The monoisotopic (exact) mass is 357 g/mol. The van der Waals surface area contributed by atoms with Crippen molar-refractivity contribution in [2.24, 2.45) is 0 Å². The number of anilines is 1. The molecule has 1 unspecified atom stereocenters. The molecule has 1 amide bonds. The smallest absolute Gasteiger partial charge is 0.238 e. The van der Waals surface area contributed by atoms with E-state index in [9.17, 15) is 9.90 Å². The zero-order valence-electron chi connectivity index (χ0n) is 14.1. The minimum atomic E-state index is -0.312. The van der Waals surface area contributed by atoms with E-state index in [0.717, 1.165) is 41.4 Å². The number of nitrogens with zero attached hydrogens (tertiary/aromatic N) is 2. The number of pyridine rings is 1. The summed E-state index contributed by atoms with van der Waals surface area (Å²) in [4.78, 5) is 18.5. The van der Waals surface area contributed by atoms with Crippen LogP contribution < -0.4 is 5.32 Å². The van der Waals surface area contributed by atoms with Gasteiger partial charge in [-0.15, -0.1) is 11.8 Å². The Morgan fingerprint density at radius 1 is 1.32 bits per heavy atom. The van der Waals surface area contributed by atoms with Crippen LogP contribution in [0.5, 0.6) is 0 Å². The van der Waals surface area contributed by atoms with Crippen LogP contribution in [0.25, 0.3) is 0 Å². The molecule has 0 aliphatic carbocycles. The number of rotatable bonds is 6. The average Bonchev–Trinajstić information content (AvgIpc) is 2.61. The standard InChI is InChI=1S/C19H23N3O2S/c23-17-7-4-10-22(12-17)13-18(24)21-16-6-3-5-15(11-16)14-25-19-8-1-2-9-20-19/h1-3,5-6,8-9,11,17,23H,4,7,10,12-14H2,(H,21,24). The number of carbonyl (C=O) groups excluding carboxylic acids is 1. The van der Waals surface area contributed by atoms with Crippen molar-refractivity contribution < 1.29 is 9.90 Å². The van der Waals surface area contributed by atoms with E-state index in [1.54, 1.807) is 18.0 Å². The Morgan fingerprint density at radius 2 is 2.24 bits per heavy atom. The predicted molar refractivity (Wildman–Crippen MR) is 101 cm³/mol. The molecule has 0 spiro atoms. The minimum Gasteiger partial charge on any atom is -0.392 e. The number of thioether (sulfide) groups is 1. The molecule has 0 radical (unpaired) electrons. The molecule has 1 saturated heterocycles. The summed E-state index contributed by atoms with van der Waals surface area (Å²) >= 11 is 1.67. The van der Waals surface area contributed by atoms with Crippen LogP contribution in [-0.4, -0.2) is 46.6 Å². The number of piperidine rings is 1. The van der Waals surface area contributed by atoms with E-state index in [1.165, 1.54) is 0 Å². The van der Waals surface area contributed by atoms with Crippen molar-refractivity contribution in [1.29, 1.82) is 0 Å². The summed E-state index contributed by atoms with van der Waals surface area (Å²) in [6.07, 6.45) is 3.24. The van der Waals surface area contributed by atoms with Gasteiger partial charge in [0.2, 0.25) is 5.91 Å². The van der Waals surface area contributed by atoms with Crippen molar-refractivity contribution in [3.05, 3.63) is 54.2 Å². The first kappa shape index (κ1) is 17.9. The van der Waals surface area contributed by atoms with E-state index >= 15 is 0 Å². The maximum Gasteiger partial charge on any atom is 0.238 e. The van der Waals surface area contributed by atoms with Crippen molar-refractivity contribution in [3.8, 4) is 0 Å². The molecule has 2 heterocycles. The van der Waals surface area contributed by atoms with Crippen molar-refractivity contribution in [3.63, 3.8) is 0 Å². The molecule has 0 bridgehead atoms. The van der Waals surface area contributed by atoms with Gasteiger partial charge in [-0.2, -0.15) is 0 Å². The Kier molecular flexibility index (Phi) is 6.44. The molecule has 2 aromatic rings. The van der Waals surface area contributed by atoms with E-state index in [-0.39, 0.29) is 12.0 Å². The summed E-state index contributed by atoms with van der Waals surface area (Å²) in [7, 11) is 0. The SMILES string of the molecule is O=C(CN1CCCC(O)C1)Nc1cccc(CSc2ccccn2)c1. The molecule has 5 nitrogen and oxygen atoms in total. The molecule has 25 heavy (non-hydrogen) atoms. The molecule has 6 heteroatoms. The van der Waals surface area contributed by atoms with Gasteiger partial charge in [-0.1, -0.05) is 18.2 Å². The van der Waals surface area contributed by atoms with Crippen molar-refractivity contribution in [1.82, 2.24) is 9.88 Å². The number of nitrogens with one attached hydrogen (secondary N) is 1. The first-order valence-corrected chi connectivity index (χ1v) is 9.50. The highest BCUT2D eigenvalue weighted by Crippen LogP contribution is 2.22. The average molecular weight is 357 g/mol. The Bertz CT molecular complexity index is 696. The molecule has 1 atom stereocenters. The molecular formula is C19H23N3O2S. The van der Waals surface area contributed by atoms with E-state index in [2.05, 4.69) is 10.3 Å². The number of β-amino-alcohol motifs (C(OH)–C–C–N with tert-alkyl or cyclic N) is 1. The fourth-order valence-corrected chi connectivity index (χ4v) is 3.71. The quantitative estimate of drug-likeness (QED) is 0.778. The zero-order valence-corrected chi connectivity index (χ0v) is 14.9. The molecule has 2 N–H and O–H groups in total. The van der Waals surface area contributed by atoms with Crippen LogP contribution in [-0.2, 0) is 10.5 Å². The van der Waals surface area contributed by atoms with Gasteiger partial charge in [0.05, 0.1) is 17.7 Å². The number of aromatic nitrogens is 1. The van der Waals surface area contributed by atoms with Gasteiger partial charge >= 0.3 is 0 Å². The number of amides is 1. The zero-order chi connectivity index (χ0) is 17.5. The topological polar surface area (TPSA) is 65.5 Å². The van der Waals surface area contributed by atoms with Crippen LogP contribution in [0.15, 0.2) is 53.7 Å². The number of likely N-dealkylation sites (tertiary alicyclic amines) is 1. The van der Waals surface area contributed by atoms with Crippen LogP contribution >= 0.6 is 11.8 Å². The van der Waals surface area contributed by atoms with Crippen molar-refractivity contribution in [2.45, 2.75) is 29.7 Å². The van der Waals surface area contributed by atoms with Gasteiger partial charge in [0, 0.05) is 24.2 Å². The summed E-state index contributed by atoms with van der Waals surface area (Å²) < 4.78 is 0. The highest BCUT2D eigenvalue weighted by atomic mass is 32.2. The summed E-state index contributed by atoms with van der Waals surface area (Å²) in [5.41, 5.74) is 1.95. The molecule has 1 aromatic heterocycles. The minimum absolute atomic E-state index is 0.0383. The van der Waals surface area contributed by atoms with Crippen LogP contribution in [0.3, 0.4) is 0 Å². The summed E-state index contributed by atoms with van der Waals surface area (Å²) in [5.74, 6) is 0.766. The van der Waals surface area contributed by atoms with Gasteiger partial charge in [-0.3, -0.25) is 9.69 Å². The Labute approximate surface area is 152 Å². The van der Waals surface area contributed by atoms with Gasteiger partial charge in [0.15, 0.2) is 0 Å². The lowest BCUT2D eigenvalue weighted by atomic mass is 10.1. The highest BCUT2D eigenvalue weighted by molar-refractivity contribution is 7.98. The second-order valence-corrected chi connectivity index (χ2v) is 7.23. The van der Waals surface area contributed by atoms with Crippen LogP contribution in [0.4, 0.5) is 5.69 Å². The maximum atomic E-state index is 12.2. The third-order valence-corrected chi connectivity index (χ3v) is 5.10. The van der Waals surface area contributed by atoms with Crippen LogP contribution in [0, 0.1) is 0 Å². The summed E-state index contributed by atoms with van der Waals surface area (Å²) in [6.45, 7) is 1.77. The summed E-state index contributed by atoms with van der Waals surface area (Å²) in [6, 6.07) is 13.8. The third-order valence-electron chi connectivity index (χ3n) is 4.08. The first-order chi connectivity index (χ1) is 12.2. The second kappa shape index (κ2) is 8.99. The molecule has 1 aromatic carbocycles. The van der Waals surface area contributed by atoms with Crippen LogP contribution in [0.1, 0.15) is 18.4 Å². The molecule has 1 fully saturated rings. The maximum absolute atomic E-state index is 12.2. The fraction of sp³-hybridized carbons (Fsp3) is 0.368. The predicted octanol–water partition coefficient (Wildman–Crippen LogP) is 2.77. The van der Waals surface area contributed by atoms with E-state index in [1.807, 2.05) is 47.4 Å². The largest absolute Gasteiger partial charge is 0.392 e. The van der Waals surface area contributed by atoms with Gasteiger partial charge < -0.3 is 10.4 Å². The number of aliphatic hydroxyl groups is 1. The van der Waals surface area contributed by atoms with Gasteiger partial charge in [0.25, 0.3) is 0 Å². The van der Waals surface area contributed by atoms with Gasteiger partial charge in [0.1, 0.15) is 0 Å². The summed E-state index contributed by atoms with van der Waals surface area (Å²) in [5, 5.41) is 13.6. The van der Waals surface area contributed by atoms with Gasteiger partial charge in [-0.25, -0.2) is 4.98 Å². The normalized spacial score (nSPS) is 18.0. The lowest BCUT2D eigenvalue weighted by Crippen LogP contribution is -2.42. The highest BCUT2D eigenvalue weighted by Gasteiger charge is 2.19. The first-order valence-electron chi connectivity index (χ1n) is 8.52. The number of carbonyl (C=O) groups is 1. The van der Waals surface area contributed by atoms with E-state index < -0.39 is 0 Å². The van der Waals surface area contributed by atoms with Gasteiger partial charge in [-0.05, 0) is 49.2 Å². The second-order valence-electron chi connectivity index (χ2n) is 6.24. The lowest BCUT2D eigenvalue weighted by Gasteiger charge is -2.29. The van der Waals surface area contributed by atoms with E-state index in [4.69, 9.17) is 0 Å². The van der Waals surface area contributed by atoms with Crippen molar-refractivity contribution >= 4 is 23.4 Å². The molecule has 132 valence electrons. The Balaban J connectivity index is 1.51. The molecular weight excluding hydrogens is 334 g/mol.